The smallest absolute Gasteiger partial charge is 0.192 e. The highest BCUT2D eigenvalue weighted by molar-refractivity contribution is 5.29. The van der Waals surface area contributed by atoms with E-state index in [0.29, 0.717) is 25.2 Å². The fourth-order valence-electron chi connectivity index (χ4n) is 2.92. The third-order valence-electron chi connectivity index (χ3n) is 4.37. The molecule has 0 amide bonds. The summed E-state index contributed by atoms with van der Waals surface area (Å²) in [5.74, 6) is -0.127. The van der Waals surface area contributed by atoms with Crippen molar-refractivity contribution in [1.29, 1.82) is 0 Å². The molecular weight excluding hydrogens is 364 g/mol. The molecule has 0 aromatic rings. The van der Waals surface area contributed by atoms with Crippen LogP contribution in [0.4, 0.5) is 0 Å². The molecule has 0 radical (unpaired) electrons. The SMILES string of the molecule is C=C/C=C(\C=C/C)C1(C)OCCO1.CC.CC.CC.CC1COC(C)(C2CC2)O1. The molecular formula is C25H48O4. The van der Waals surface area contributed by atoms with E-state index in [0.717, 1.165) is 12.2 Å². The van der Waals surface area contributed by atoms with Gasteiger partial charge in [0.15, 0.2) is 11.6 Å². The average molecular weight is 413 g/mol. The molecule has 2 unspecified atom stereocenters. The number of rotatable bonds is 4. The van der Waals surface area contributed by atoms with Crippen LogP contribution < -0.4 is 0 Å². The van der Waals surface area contributed by atoms with Gasteiger partial charge in [-0.05, 0) is 40.5 Å². The Kier molecular flexibility index (Phi) is 17.5. The van der Waals surface area contributed by atoms with Gasteiger partial charge in [0.25, 0.3) is 0 Å². The first kappa shape index (κ1) is 30.3. The Balaban J connectivity index is 0. The fraction of sp³-hybridized carbons (Fsp3) is 0.760. The number of hydrogen-bond acceptors (Lipinski definition) is 4. The van der Waals surface area contributed by atoms with Gasteiger partial charge >= 0.3 is 0 Å². The van der Waals surface area contributed by atoms with E-state index < -0.39 is 5.79 Å². The molecule has 0 spiro atoms. The van der Waals surface area contributed by atoms with Crippen LogP contribution in [0.2, 0.25) is 0 Å². The second kappa shape index (κ2) is 16.8. The van der Waals surface area contributed by atoms with Crippen molar-refractivity contribution in [2.45, 2.75) is 99.8 Å². The van der Waals surface area contributed by atoms with E-state index in [4.69, 9.17) is 18.9 Å². The number of hydrogen-bond donors (Lipinski definition) is 0. The maximum absolute atomic E-state index is 5.65. The Morgan fingerprint density at radius 1 is 0.931 bits per heavy atom. The molecule has 3 rings (SSSR count). The molecule has 3 aliphatic rings. The lowest BCUT2D eigenvalue weighted by molar-refractivity contribution is -0.167. The predicted octanol–water partition coefficient (Wildman–Crippen LogP) is 7.06. The van der Waals surface area contributed by atoms with Crippen molar-refractivity contribution < 1.29 is 18.9 Å². The van der Waals surface area contributed by atoms with Crippen LogP contribution in [0, 0.1) is 5.92 Å². The largest absolute Gasteiger partial charge is 0.347 e. The molecule has 0 aromatic carbocycles. The van der Waals surface area contributed by atoms with Gasteiger partial charge in [0.2, 0.25) is 0 Å². The summed E-state index contributed by atoms with van der Waals surface area (Å²) >= 11 is 0. The summed E-state index contributed by atoms with van der Waals surface area (Å²) in [5, 5.41) is 0. The molecule has 2 heterocycles. The molecule has 172 valence electrons. The molecule has 4 heteroatoms. The van der Waals surface area contributed by atoms with Gasteiger partial charge < -0.3 is 18.9 Å². The molecule has 0 aromatic heterocycles. The Hall–Kier alpha value is -0.940. The molecule has 2 aliphatic heterocycles. The molecule has 3 fully saturated rings. The topological polar surface area (TPSA) is 36.9 Å². The number of ether oxygens (including phenoxy) is 4. The first-order valence-electron chi connectivity index (χ1n) is 11.5. The van der Waals surface area contributed by atoms with Gasteiger partial charge in [0, 0.05) is 11.5 Å². The average Bonchev–Trinajstić information content (AvgIpc) is 3.44. The first-order valence-corrected chi connectivity index (χ1v) is 11.5. The van der Waals surface area contributed by atoms with Gasteiger partial charge in [-0.1, -0.05) is 72.4 Å². The van der Waals surface area contributed by atoms with Crippen molar-refractivity contribution in [3.8, 4) is 0 Å². The quantitative estimate of drug-likeness (QED) is 0.463. The summed E-state index contributed by atoms with van der Waals surface area (Å²) in [6.45, 7) is 25.8. The highest BCUT2D eigenvalue weighted by Gasteiger charge is 2.48. The second-order valence-electron chi connectivity index (χ2n) is 6.53. The molecule has 1 saturated carbocycles. The summed E-state index contributed by atoms with van der Waals surface area (Å²) in [6, 6.07) is 0. The lowest BCUT2D eigenvalue weighted by atomic mass is 10.1. The van der Waals surface area contributed by atoms with Crippen molar-refractivity contribution in [3.63, 3.8) is 0 Å². The summed E-state index contributed by atoms with van der Waals surface area (Å²) in [4.78, 5) is 0. The zero-order valence-electron chi connectivity index (χ0n) is 20.8. The molecule has 2 atom stereocenters. The summed E-state index contributed by atoms with van der Waals surface area (Å²) in [7, 11) is 0. The lowest BCUT2D eigenvalue weighted by Crippen LogP contribution is -2.28. The van der Waals surface area contributed by atoms with Gasteiger partial charge in [0.05, 0.1) is 25.9 Å². The lowest BCUT2D eigenvalue weighted by Gasteiger charge is -2.23. The van der Waals surface area contributed by atoms with Gasteiger partial charge in [-0.25, -0.2) is 0 Å². The summed E-state index contributed by atoms with van der Waals surface area (Å²) in [5.41, 5.74) is 1.00. The Morgan fingerprint density at radius 3 is 1.79 bits per heavy atom. The van der Waals surface area contributed by atoms with Gasteiger partial charge in [-0.3, -0.25) is 0 Å². The van der Waals surface area contributed by atoms with Crippen LogP contribution in [0.5, 0.6) is 0 Å². The molecule has 1 aliphatic carbocycles. The minimum absolute atomic E-state index is 0.223. The maximum Gasteiger partial charge on any atom is 0.192 e. The van der Waals surface area contributed by atoms with E-state index >= 15 is 0 Å². The third kappa shape index (κ3) is 10.6. The van der Waals surface area contributed by atoms with Crippen molar-refractivity contribution in [1.82, 2.24) is 0 Å². The minimum atomic E-state index is -0.583. The maximum atomic E-state index is 5.65. The van der Waals surface area contributed by atoms with Gasteiger partial charge in [-0.2, -0.15) is 0 Å². The van der Waals surface area contributed by atoms with E-state index in [9.17, 15) is 0 Å². The molecule has 4 nitrogen and oxygen atoms in total. The van der Waals surface area contributed by atoms with Crippen LogP contribution in [0.15, 0.2) is 36.5 Å². The standard InChI is InChI=1S/C11H16O2.C8H14O2.3C2H6/c1-4-6-10(7-5-2)11(3)12-8-9-13-11;1-6-5-9-8(2,10-6)7-3-4-7;3*1-2/h4-7H,1,8-9H2,2-3H3;6-7H,3-5H2,1-2H3;3*1-2H3/b7-5-,10-6+;;;;. The number of allylic oxidation sites excluding steroid dienone is 3. The Morgan fingerprint density at radius 2 is 1.45 bits per heavy atom. The van der Waals surface area contributed by atoms with Crippen LogP contribution in [0.3, 0.4) is 0 Å². The molecule has 0 bridgehead atoms. The van der Waals surface area contributed by atoms with E-state index in [1.54, 1.807) is 6.08 Å². The second-order valence-corrected chi connectivity index (χ2v) is 6.53. The Bertz CT molecular complexity index is 459. The molecule has 2 saturated heterocycles. The summed E-state index contributed by atoms with van der Waals surface area (Å²) in [6.07, 6.45) is 10.5. The van der Waals surface area contributed by atoms with E-state index in [1.165, 1.54) is 12.8 Å². The van der Waals surface area contributed by atoms with Crippen LogP contribution in [0.1, 0.15) is 82.1 Å². The van der Waals surface area contributed by atoms with Crippen molar-refractivity contribution in [3.05, 3.63) is 36.5 Å². The van der Waals surface area contributed by atoms with E-state index in [2.05, 4.69) is 20.4 Å². The predicted molar refractivity (Wildman–Crippen MR) is 125 cm³/mol. The fourth-order valence-corrected chi connectivity index (χ4v) is 2.92. The van der Waals surface area contributed by atoms with Crippen molar-refractivity contribution in [2.24, 2.45) is 5.92 Å². The van der Waals surface area contributed by atoms with E-state index in [1.807, 2.05) is 73.6 Å². The van der Waals surface area contributed by atoms with E-state index in [-0.39, 0.29) is 5.79 Å². The van der Waals surface area contributed by atoms with Crippen molar-refractivity contribution in [2.75, 3.05) is 19.8 Å². The highest BCUT2D eigenvalue weighted by Crippen LogP contribution is 2.45. The van der Waals surface area contributed by atoms with Crippen molar-refractivity contribution >= 4 is 0 Å². The normalized spacial score (nSPS) is 27.2. The van der Waals surface area contributed by atoms with Crippen LogP contribution >= 0.6 is 0 Å². The molecule has 29 heavy (non-hydrogen) atoms. The van der Waals surface area contributed by atoms with Crippen LogP contribution in [-0.2, 0) is 18.9 Å². The van der Waals surface area contributed by atoms with Gasteiger partial charge in [-0.15, -0.1) is 0 Å². The highest BCUT2D eigenvalue weighted by atomic mass is 16.7. The van der Waals surface area contributed by atoms with Crippen LogP contribution in [-0.4, -0.2) is 37.5 Å². The zero-order valence-corrected chi connectivity index (χ0v) is 20.8. The monoisotopic (exact) mass is 412 g/mol. The first-order chi connectivity index (χ1) is 13.9. The van der Waals surface area contributed by atoms with Crippen LogP contribution in [0.25, 0.3) is 0 Å². The third-order valence-corrected chi connectivity index (χ3v) is 4.37. The van der Waals surface area contributed by atoms with Gasteiger partial charge in [0.1, 0.15) is 0 Å². The minimum Gasteiger partial charge on any atom is -0.347 e. The molecule has 0 N–H and O–H groups in total. The Labute approximate surface area is 181 Å². The zero-order chi connectivity index (χ0) is 22.9. The summed E-state index contributed by atoms with van der Waals surface area (Å²) < 4.78 is 22.2.